The topological polar surface area (TPSA) is 13.1 Å². The first kappa shape index (κ1) is 44.9. The van der Waals surface area contributed by atoms with Crippen LogP contribution in [-0.4, -0.2) is 149 Å². The normalized spacial score (nSPS) is 11.9. The van der Waals surface area contributed by atoms with Gasteiger partial charge < -0.3 is 4.42 Å². The second-order valence-corrected chi connectivity index (χ2v) is 20.5. The number of rotatable bonds is 3. The summed E-state index contributed by atoms with van der Waals surface area (Å²) in [5.74, 6) is 0. The van der Waals surface area contributed by atoms with E-state index in [4.69, 9.17) is 4.42 Å². The van der Waals surface area contributed by atoms with E-state index in [0.717, 1.165) is 21.9 Å². The molecule has 0 saturated carbocycles. The van der Waals surface area contributed by atoms with E-state index in [2.05, 4.69) is 204 Å². The minimum absolute atomic E-state index is 0.926. The predicted molar refractivity (Wildman–Crippen MR) is 355 cm³/mol. The molecule has 0 fully saturated rings. The van der Waals surface area contributed by atoms with Crippen LogP contribution in [0.1, 0.15) is 0 Å². The average molecular weight is 821 g/mol. The summed E-state index contributed by atoms with van der Waals surface area (Å²) in [6.07, 6.45) is 0. The molecule has 0 saturated heterocycles. The van der Waals surface area contributed by atoms with Crippen molar-refractivity contribution in [3.8, 4) is 33.4 Å². The number of benzene rings is 9. The summed E-state index contributed by atoms with van der Waals surface area (Å²) in [6, 6.07) is 20.3. The molecule has 10 rings (SSSR count). The summed E-state index contributed by atoms with van der Waals surface area (Å²) in [5.41, 5.74) is 36.2. The van der Waals surface area contributed by atoms with E-state index in [9.17, 15) is 0 Å². The fraction of sp³-hybridized carbons (Fsp3) is 0. The molecule has 1 nitrogen and oxygen atoms in total. The monoisotopic (exact) mass is 825 g/mol. The molecule has 66 heavy (non-hydrogen) atoms. The van der Waals surface area contributed by atoms with Crippen LogP contribution >= 0.6 is 0 Å². The summed E-state index contributed by atoms with van der Waals surface area (Å²) < 4.78 is 6.39. The third-order valence-corrected chi connectivity index (χ3v) is 17.7. The maximum Gasteiger partial charge on any atom is 0.140 e. The summed E-state index contributed by atoms with van der Waals surface area (Å²) in [5, 5.41) is 13.4. The van der Waals surface area contributed by atoms with Gasteiger partial charge in [-0.1, -0.05) is 113 Å². The van der Waals surface area contributed by atoms with Gasteiger partial charge in [-0.2, -0.15) is 0 Å². The Morgan fingerprint density at radius 2 is 0.636 bits per heavy atom. The van der Waals surface area contributed by atoms with Crippen molar-refractivity contribution < 1.29 is 4.42 Å². The Labute approximate surface area is 407 Å². The van der Waals surface area contributed by atoms with Crippen LogP contribution in [0.5, 0.6) is 0 Å². The zero-order valence-electron chi connectivity index (χ0n) is 43.1. The molecule has 1 aromatic heterocycles. The Morgan fingerprint density at radius 3 is 1.17 bits per heavy atom. The van der Waals surface area contributed by atoms with Crippen LogP contribution in [0.2, 0.25) is 0 Å². The van der Waals surface area contributed by atoms with Crippen LogP contribution in [0, 0.1) is 0 Å². The quantitative estimate of drug-likeness (QED) is 0.128. The van der Waals surface area contributed by atoms with Crippen LogP contribution in [0.25, 0.3) is 98.4 Å². The summed E-state index contributed by atoms with van der Waals surface area (Å²) >= 11 is 0. The highest BCUT2D eigenvalue weighted by Crippen LogP contribution is 2.43. The Balaban J connectivity index is 1.38. The van der Waals surface area contributed by atoms with E-state index < -0.39 is 0 Å². The standard InChI is InChI=1S/C46H47B19O/c47-15-8-13-19(10-5-6-18-12(7-10)11-3-1-2-4-17(11)66-18)14-9-16(48)31(50)35(54)21(14)22(20(13)34(53)30(15)49)25-32(51)28-29(40(59)38(25)57)33(52)26(39(58)41(28)60)23-24-27(42(61)44(63)36(23)55)43(62)46(65)45(64)37(24)56/h1-9H,47-65H2. The number of para-hydroxylation sites is 1. The van der Waals surface area contributed by atoms with Gasteiger partial charge in [0.05, 0.1) is 0 Å². The van der Waals surface area contributed by atoms with Gasteiger partial charge >= 0.3 is 0 Å². The molecule has 0 atom stereocenters. The van der Waals surface area contributed by atoms with Gasteiger partial charge in [0.1, 0.15) is 160 Å². The predicted octanol–water partition coefficient (Wildman–Crippen LogP) is -19.9. The highest BCUT2D eigenvalue weighted by molar-refractivity contribution is 6.75. The van der Waals surface area contributed by atoms with E-state index in [0.29, 0.717) is 0 Å². The van der Waals surface area contributed by atoms with Crippen LogP contribution in [0.15, 0.2) is 59.0 Å². The first-order valence-electron chi connectivity index (χ1n) is 24.1. The van der Waals surface area contributed by atoms with Crippen LogP contribution in [0.4, 0.5) is 0 Å². The molecule has 0 aliphatic heterocycles. The molecule has 20 heteroatoms. The van der Waals surface area contributed by atoms with Gasteiger partial charge in [-0.15, -0.1) is 27.3 Å². The highest BCUT2D eigenvalue weighted by atomic mass is 16.3. The minimum Gasteiger partial charge on any atom is -0.456 e. The number of furan rings is 1. The summed E-state index contributed by atoms with van der Waals surface area (Å²) in [4.78, 5) is 0. The van der Waals surface area contributed by atoms with Crippen molar-refractivity contribution in [1.29, 1.82) is 0 Å². The highest BCUT2D eigenvalue weighted by Gasteiger charge is 2.28. The van der Waals surface area contributed by atoms with Crippen molar-refractivity contribution >= 4 is 318 Å². The molecular formula is C46H47B19O. The van der Waals surface area contributed by atoms with E-state index in [-0.39, 0.29) is 0 Å². The van der Waals surface area contributed by atoms with Gasteiger partial charge in [0.15, 0.2) is 0 Å². The minimum atomic E-state index is 0.926. The molecule has 9 aromatic carbocycles. The van der Waals surface area contributed by atoms with Gasteiger partial charge in [0.2, 0.25) is 0 Å². The Bertz CT molecular complexity index is 3850. The van der Waals surface area contributed by atoms with E-state index in [1.807, 2.05) is 0 Å². The molecule has 0 amide bonds. The molecule has 294 valence electrons. The third-order valence-electron chi connectivity index (χ3n) is 17.7. The molecule has 0 radical (unpaired) electrons. The SMILES string of the molecule is Bc1cc2c(-c3ccc4oc5ccccc5c4c3)c3cc(B)c(B)c(B)c3c(-c3c(B)c(B)c4c(B)c(-c5c(B)c(B)c(B)c6c(B)c(B)c(B)c(B)c56)c(B)c(B)c4c3B)c2c(B)c1B. The average Bonchev–Trinajstić information content (AvgIpc) is 3.66. The molecule has 0 spiro atoms. The molecule has 0 aliphatic carbocycles. The Kier molecular flexibility index (Phi) is 10.6. The van der Waals surface area contributed by atoms with Gasteiger partial charge in [-0.25, -0.2) is 0 Å². The first-order valence-corrected chi connectivity index (χ1v) is 24.1. The van der Waals surface area contributed by atoms with Crippen molar-refractivity contribution in [3.63, 3.8) is 0 Å². The van der Waals surface area contributed by atoms with Gasteiger partial charge in [-0.05, 0) is 94.7 Å². The maximum atomic E-state index is 6.39. The fourth-order valence-electron chi connectivity index (χ4n) is 12.8. The van der Waals surface area contributed by atoms with Crippen LogP contribution < -0.4 is 104 Å². The van der Waals surface area contributed by atoms with Gasteiger partial charge in [-0.3, -0.25) is 0 Å². The molecule has 10 aromatic rings. The molecule has 0 N–H and O–H groups in total. The fourth-order valence-corrected chi connectivity index (χ4v) is 12.8. The van der Waals surface area contributed by atoms with Crippen molar-refractivity contribution in [2.75, 3.05) is 0 Å². The molecule has 0 bridgehead atoms. The molecule has 0 unspecified atom stereocenters. The lowest BCUT2D eigenvalue weighted by Crippen LogP contribution is -2.53. The summed E-state index contributed by atoms with van der Waals surface area (Å²) in [7, 11) is 44.9. The largest absolute Gasteiger partial charge is 0.456 e. The van der Waals surface area contributed by atoms with Crippen molar-refractivity contribution in [1.82, 2.24) is 0 Å². The number of hydrogen-bond donors (Lipinski definition) is 0. The van der Waals surface area contributed by atoms with E-state index in [1.165, 1.54) is 180 Å². The molecule has 1 heterocycles. The smallest absolute Gasteiger partial charge is 0.140 e. The second-order valence-electron chi connectivity index (χ2n) is 20.5. The third kappa shape index (κ3) is 5.94. The second kappa shape index (κ2) is 15.5. The van der Waals surface area contributed by atoms with Crippen LogP contribution in [-0.2, 0) is 0 Å². The maximum absolute atomic E-state index is 6.39. The van der Waals surface area contributed by atoms with Gasteiger partial charge in [0, 0.05) is 10.8 Å². The Morgan fingerprint density at radius 1 is 0.242 bits per heavy atom. The van der Waals surface area contributed by atoms with Crippen molar-refractivity contribution in [2.45, 2.75) is 0 Å². The van der Waals surface area contributed by atoms with E-state index >= 15 is 0 Å². The van der Waals surface area contributed by atoms with E-state index in [1.54, 1.807) is 0 Å². The zero-order valence-corrected chi connectivity index (χ0v) is 43.1. The number of hydrogen-bond acceptors (Lipinski definition) is 1. The summed E-state index contributed by atoms with van der Waals surface area (Å²) in [6.45, 7) is 0. The number of fused-ring (bicyclic) bond motifs is 7. The first-order chi connectivity index (χ1) is 31.2. The zero-order chi connectivity index (χ0) is 47.4. The van der Waals surface area contributed by atoms with Crippen molar-refractivity contribution in [2.24, 2.45) is 0 Å². The molecular weight excluding hydrogens is 774 g/mol. The molecule has 0 aliphatic rings. The van der Waals surface area contributed by atoms with Crippen LogP contribution in [0.3, 0.4) is 0 Å². The lowest BCUT2D eigenvalue weighted by atomic mass is 9.56. The Hall–Kier alpha value is -4.95. The van der Waals surface area contributed by atoms with Crippen molar-refractivity contribution in [3.05, 3.63) is 54.6 Å². The van der Waals surface area contributed by atoms with Gasteiger partial charge in [0.25, 0.3) is 0 Å². The lowest BCUT2D eigenvalue weighted by Gasteiger charge is -2.31. The lowest BCUT2D eigenvalue weighted by molar-refractivity contribution is 0.669.